The van der Waals surface area contributed by atoms with Crippen LogP contribution in [0.4, 0.5) is 29.1 Å². The van der Waals surface area contributed by atoms with E-state index in [1.165, 1.54) is 26.0 Å². The van der Waals surface area contributed by atoms with E-state index in [4.69, 9.17) is 16.2 Å². The van der Waals surface area contributed by atoms with Gasteiger partial charge in [0.1, 0.15) is 18.2 Å². The summed E-state index contributed by atoms with van der Waals surface area (Å²) in [5.41, 5.74) is 12.3. The maximum absolute atomic E-state index is 15.1. The lowest BCUT2D eigenvalue weighted by Crippen LogP contribution is -2.63. The van der Waals surface area contributed by atoms with Crippen molar-refractivity contribution in [3.05, 3.63) is 54.2 Å². The first-order valence-corrected chi connectivity index (χ1v) is 14.6. The van der Waals surface area contributed by atoms with Crippen molar-refractivity contribution < 1.29 is 32.2 Å². The highest BCUT2D eigenvalue weighted by molar-refractivity contribution is 5.99. The SMILES string of the molecule is COc1cc(F)c(-c2cc(Cn3cnc4c(NC(=O)[C@@H](N)C(C)C)ncnc43)c(N3CCC[C@](N)([C@H](O)C(F)F)C3)cn2)cc1F. The second kappa shape index (κ2) is 13.1. The summed E-state index contributed by atoms with van der Waals surface area (Å²) in [6, 6.07) is 2.66. The number of nitrogens with two attached hydrogens (primary N) is 2. The van der Waals surface area contributed by atoms with E-state index < -0.39 is 41.7 Å². The number of rotatable bonds is 10. The molecule has 1 aromatic carbocycles. The van der Waals surface area contributed by atoms with Gasteiger partial charge in [0.2, 0.25) is 5.91 Å². The third-order valence-electron chi connectivity index (χ3n) is 8.21. The largest absolute Gasteiger partial charge is 0.494 e. The molecule has 46 heavy (non-hydrogen) atoms. The second-order valence-electron chi connectivity index (χ2n) is 11.7. The highest BCUT2D eigenvalue weighted by atomic mass is 19.3. The van der Waals surface area contributed by atoms with Gasteiger partial charge in [0.05, 0.1) is 49.1 Å². The first-order chi connectivity index (χ1) is 21.8. The molecule has 1 fully saturated rings. The molecule has 12 nitrogen and oxygen atoms in total. The molecule has 0 unspecified atom stereocenters. The first kappa shape index (κ1) is 33.0. The average Bonchev–Trinajstić information content (AvgIpc) is 3.44. The number of amides is 1. The number of benzene rings is 1. The Balaban J connectivity index is 1.57. The Bertz CT molecular complexity index is 1740. The number of piperidine rings is 1. The van der Waals surface area contributed by atoms with Gasteiger partial charge < -0.3 is 36.1 Å². The Labute approximate surface area is 261 Å². The minimum absolute atomic E-state index is 0.0585. The zero-order valence-corrected chi connectivity index (χ0v) is 25.4. The molecule has 0 aliphatic carbocycles. The fraction of sp³-hybridized carbons (Fsp3) is 0.433. The zero-order chi connectivity index (χ0) is 33.3. The van der Waals surface area contributed by atoms with Crippen molar-refractivity contribution in [3.63, 3.8) is 0 Å². The number of nitrogens with one attached hydrogen (secondary N) is 1. The lowest BCUT2D eigenvalue weighted by molar-refractivity contribution is -0.118. The number of nitrogens with zero attached hydrogens (tertiary/aromatic N) is 6. The van der Waals surface area contributed by atoms with E-state index in [0.717, 1.165) is 12.1 Å². The molecule has 246 valence electrons. The van der Waals surface area contributed by atoms with Gasteiger partial charge in [-0.25, -0.2) is 32.5 Å². The van der Waals surface area contributed by atoms with Crippen LogP contribution in [-0.4, -0.2) is 79.8 Å². The normalized spacial score (nSPS) is 18.3. The molecule has 1 aliphatic heterocycles. The maximum Gasteiger partial charge on any atom is 0.265 e. The fourth-order valence-electron chi connectivity index (χ4n) is 5.51. The van der Waals surface area contributed by atoms with Gasteiger partial charge in [-0.1, -0.05) is 13.8 Å². The number of fused-ring (bicyclic) bond motifs is 1. The van der Waals surface area contributed by atoms with Gasteiger partial charge in [-0.2, -0.15) is 0 Å². The molecular weight excluding hydrogens is 610 g/mol. The molecule has 6 N–H and O–H groups in total. The van der Waals surface area contributed by atoms with Crippen molar-refractivity contribution in [2.24, 2.45) is 17.4 Å². The van der Waals surface area contributed by atoms with Crippen LogP contribution in [-0.2, 0) is 11.3 Å². The molecule has 16 heteroatoms. The highest BCUT2D eigenvalue weighted by Gasteiger charge is 2.43. The molecule has 1 amide bonds. The van der Waals surface area contributed by atoms with Gasteiger partial charge in [-0.15, -0.1) is 0 Å². The van der Waals surface area contributed by atoms with Gasteiger partial charge in [-0.05, 0) is 36.5 Å². The van der Waals surface area contributed by atoms with Crippen LogP contribution >= 0.6 is 0 Å². The topological polar surface area (TPSA) is 170 Å². The minimum atomic E-state index is -3.04. The fourth-order valence-corrected chi connectivity index (χ4v) is 5.51. The molecule has 1 aliphatic rings. The van der Waals surface area contributed by atoms with E-state index in [1.807, 2.05) is 13.8 Å². The number of pyridine rings is 1. The van der Waals surface area contributed by atoms with Gasteiger partial charge >= 0.3 is 0 Å². The number of carbonyl (C=O) groups excluding carboxylic acids is 1. The third-order valence-corrected chi connectivity index (χ3v) is 8.21. The van der Waals surface area contributed by atoms with Crippen LogP contribution in [0.15, 0.2) is 37.1 Å². The molecule has 4 aromatic rings. The molecule has 0 spiro atoms. The van der Waals surface area contributed by atoms with Crippen molar-refractivity contribution >= 4 is 28.6 Å². The number of ether oxygens (including phenoxy) is 1. The summed E-state index contributed by atoms with van der Waals surface area (Å²) < 4.78 is 63.3. The van der Waals surface area contributed by atoms with Crippen molar-refractivity contribution in [3.8, 4) is 17.0 Å². The summed E-state index contributed by atoms with van der Waals surface area (Å²) in [7, 11) is 1.22. The monoisotopic (exact) mass is 645 g/mol. The number of hydrogen-bond donors (Lipinski definition) is 4. The summed E-state index contributed by atoms with van der Waals surface area (Å²) in [5, 5.41) is 12.9. The Morgan fingerprint density at radius 3 is 2.61 bits per heavy atom. The lowest BCUT2D eigenvalue weighted by Gasteiger charge is -2.44. The lowest BCUT2D eigenvalue weighted by atomic mass is 9.84. The summed E-state index contributed by atoms with van der Waals surface area (Å²) >= 11 is 0. The van der Waals surface area contributed by atoms with Crippen LogP contribution in [0.3, 0.4) is 0 Å². The molecule has 3 aromatic heterocycles. The van der Waals surface area contributed by atoms with E-state index in [0.29, 0.717) is 29.9 Å². The van der Waals surface area contributed by atoms with E-state index in [9.17, 15) is 23.1 Å². The van der Waals surface area contributed by atoms with E-state index in [1.54, 1.807) is 15.5 Å². The maximum atomic E-state index is 15.1. The van der Waals surface area contributed by atoms with E-state index in [-0.39, 0.29) is 53.8 Å². The van der Waals surface area contributed by atoms with Crippen molar-refractivity contribution in [1.29, 1.82) is 0 Å². The third kappa shape index (κ3) is 6.45. The van der Waals surface area contributed by atoms with E-state index >= 15 is 4.39 Å². The van der Waals surface area contributed by atoms with Crippen LogP contribution in [0, 0.1) is 17.6 Å². The molecule has 0 saturated carbocycles. The number of aliphatic hydroxyl groups is 1. The number of carbonyl (C=O) groups is 1. The van der Waals surface area contributed by atoms with Crippen LogP contribution in [0.5, 0.6) is 5.75 Å². The number of imidazole rings is 1. The molecule has 3 atom stereocenters. The second-order valence-corrected chi connectivity index (χ2v) is 11.7. The summed E-state index contributed by atoms with van der Waals surface area (Å²) in [6.45, 7) is 3.98. The number of aliphatic hydroxyl groups excluding tert-OH is 1. The Morgan fingerprint density at radius 2 is 1.91 bits per heavy atom. The average molecular weight is 646 g/mol. The summed E-state index contributed by atoms with van der Waals surface area (Å²) in [5.74, 6) is -2.25. The van der Waals surface area contributed by atoms with Gasteiger partial charge in [0.15, 0.2) is 28.5 Å². The molecule has 0 bridgehead atoms. The number of aromatic nitrogens is 5. The van der Waals surface area contributed by atoms with Crippen molar-refractivity contribution in [2.75, 3.05) is 30.4 Å². The highest BCUT2D eigenvalue weighted by Crippen LogP contribution is 2.35. The summed E-state index contributed by atoms with van der Waals surface area (Å²) in [6.07, 6.45) is -0.371. The number of methoxy groups -OCH3 is 1. The van der Waals surface area contributed by atoms with Gasteiger partial charge in [0.25, 0.3) is 6.43 Å². The van der Waals surface area contributed by atoms with Gasteiger partial charge in [-0.3, -0.25) is 9.78 Å². The molecular formula is C30H35F4N9O3. The minimum Gasteiger partial charge on any atom is -0.494 e. The number of alkyl halides is 2. The zero-order valence-electron chi connectivity index (χ0n) is 25.4. The predicted molar refractivity (Wildman–Crippen MR) is 162 cm³/mol. The standard InChI is InChI=1S/C30H35F4N9O3/c1-15(2)23(35)29(45)41-27-24-28(39-13-38-27)43(14-40-24)11-16-7-20(17-8-19(32)22(46-3)9-18(17)31)37-10-21(16)42-6-4-5-30(36,12-42)25(44)26(33)34/h7-10,13-15,23,25-26,44H,4-6,11-12,35-36H2,1-3H3,(H,38,39,41,45)/t23-,25+,30+/m0/s1. The van der Waals surface area contributed by atoms with Crippen LogP contribution in [0.2, 0.25) is 0 Å². The first-order valence-electron chi connectivity index (χ1n) is 14.6. The van der Waals surface area contributed by atoms with E-state index in [2.05, 4.69) is 25.3 Å². The molecule has 0 radical (unpaired) electrons. The van der Waals surface area contributed by atoms with Crippen LogP contribution in [0.1, 0.15) is 32.3 Å². The van der Waals surface area contributed by atoms with Crippen LogP contribution in [0.25, 0.3) is 22.4 Å². The quantitative estimate of drug-likeness (QED) is 0.188. The van der Waals surface area contributed by atoms with Crippen LogP contribution < -0.4 is 26.4 Å². The molecule has 1 saturated heterocycles. The smallest absolute Gasteiger partial charge is 0.265 e. The number of halogens is 4. The number of hydrogen-bond acceptors (Lipinski definition) is 10. The Hall–Kier alpha value is -4.41. The number of anilines is 2. The Kier molecular flexibility index (Phi) is 9.42. The van der Waals surface area contributed by atoms with Crippen molar-refractivity contribution in [2.45, 2.75) is 57.3 Å². The Morgan fingerprint density at radius 1 is 1.15 bits per heavy atom. The summed E-state index contributed by atoms with van der Waals surface area (Å²) in [4.78, 5) is 31.7. The van der Waals surface area contributed by atoms with Gasteiger partial charge in [0, 0.05) is 24.7 Å². The van der Waals surface area contributed by atoms with Crippen molar-refractivity contribution in [1.82, 2.24) is 24.5 Å². The predicted octanol–water partition coefficient (Wildman–Crippen LogP) is 3.07. The molecule has 5 rings (SSSR count). The molecule has 4 heterocycles.